The molecule has 25 heavy (non-hydrogen) atoms. The Balaban J connectivity index is 1.72. The van der Waals surface area contributed by atoms with Gasteiger partial charge in [0.1, 0.15) is 5.82 Å². The lowest BCUT2D eigenvalue weighted by molar-refractivity contribution is 0.300. The molecule has 1 aromatic carbocycles. The number of hydrogen-bond acceptors (Lipinski definition) is 3. The van der Waals surface area contributed by atoms with Gasteiger partial charge in [-0.05, 0) is 56.0 Å². The number of nitrogens with zero attached hydrogens (tertiary/aromatic N) is 3. The molecule has 0 aliphatic rings. The summed E-state index contributed by atoms with van der Waals surface area (Å²) in [6.07, 6.45) is 2.91. The van der Waals surface area contributed by atoms with Gasteiger partial charge in [-0.3, -0.25) is 4.68 Å². The number of aromatic nitrogens is 2. The molecule has 0 aliphatic carbocycles. The van der Waals surface area contributed by atoms with Gasteiger partial charge >= 0.3 is 0 Å². The average molecular weight is 364 g/mol. The summed E-state index contributed by atoms with van der Waals surface area (Å²) in [4.78, 5) is 2.38. The van der Waals surface area contributed by atoms with Gasteiger partial charge < -0.3 is 15.5 Å². The van der Waals surface area contributed by atoms with Crippen molar-refractivity contribution in [3.63, 3.8) is 0 Å². The van der Waals surface area contributed by atoms with Crippen LogP contribution in [0.4, 0.5) is 10.2 Å². The monoisotopic (exact) mass is 363 g/mol. The zero-order valence-corrected chi connectivity index (χ0v) is 15.7. The predicted molar refractivity (Wildman–Crippen MR) is 104 cm³/mol. The molecule has 0 radical (unpaired) electrons. The van der Waals surface area contributed by atoms with Crippen molar-refractivity contribution in [3.05, 3.63) is 47.9 Å². The highest BCUT2D eigenvalue weighted by atomic mass is 32.1. The van der Waals surface area contributed by atoms with E-state index >= 15 is 0 Å². The van der Waals surface area contributed by atoms with Crippen molar-refractivity contribution in [2.75, 3.05) is 31.5 Å². The highest BCUT2D eigenvalue weighted by Crippen LogP contribution is 2.07. The number of hydrogen-bond donors (Lipinski definition) is 2. The van der Waals surface area contributed by atoms with E-state index in [9.17, 15) is 4.39 Å². The molecule has 0 fully saturated rings. The van der Waals surface area contributed by atoms with E-state index in [1.54, 1.807) is 16.8 Å². The lowest BCUT2D eigenvalue weighted by Crippen LogP contribution is -2.32. The Bertz CT molecular complexity index is 652. The van der Waals surface area contributed by atoms with Gasteiger partial charge in [0, 0.05) is 18.8 Å². The second kappa shape index (κ2) is 10.1. The van der Waals surface area contributed by atoms with Gasteiger partial charge in [0.05, 0.1) is 6.54 Å². The fraction of sp³-hybridized carbons (Fsp3) is 0.444. The maximum atomic E-state index is 12.9. The Morgan fingerprint density at radius 2 is 1.92 bits per heavy atom. The van der Waals surface area contributed by atoms with Gasteiger partial charge in [-0.15, -0.1) is 0 Å². The van der Waals surface area contributed by atoms with E-state index in [0.29, 0.717) is 17.5 Å². The Kier molecular flexibility index (Phi) is 7.81. The van der Waals surface area contributed by atoms with Crippen molar-refractivity contribution >= 4 is 23.1 Å². The van der Waals surface area contributed by atoms with E-state index in [0.717, 1.165) is 38.2 Å². The van der Waals surface area contributed by atoms with Gasteiger partial charge in [-0.25, -0.2) is 4.39 Å². The van der Waals surface area contributed by atoms with Crippen molar-refractivity contribution in [3.8, 4) is 0 Å². The largest absolute Gasteiger partial charge is 0.362 e. The molecule has 0 saturated heterocycles. The van der Waals surface area contributed by atoms with Crippen LogP contribution in [-0.4, -0.2) is 46.0 Å². The first kappa shape index (κ1) is 19.3. The van der Waals surface area contributed by atoms with Crippen LogP contribution < -0.4 is 10.6 Å². The summed E-state index contributed by atoms with van der Waals surface area (Å²) in [5, 5.41) is 11.3. The molecular weight excluding hydrogens is 337 g/mol. The molecule has 2 rings (SSSR count). The van der Waals surface area contributed by atoms with Gasteiger partial charge in [0.2, 0.25) is 0 Å². The highest BCUT2D eigenvalue weighted by molar-refractivity contribution is 7.80. The van der Waals surface area contributed by atoms with Crippen LogP contribution in [0.2, 0.25) is 0 Å². The van der Waals surface area contributed by atoms with Gasteiger partial charge in [-0.1, -0.05) is 26.0 Å². The van der Waals surface area contributed by atoms with Crippen LogP contribution in [-0.2, 0) is 6.54 Å². The summed E-state index contributed by atoms with van der Waals surface area (Å²) in [6.45, 7) is 8.98. The lowest BCUT2D eigenvalue weighted by Gasteiger charge is -2.18. The van der Waals surface area contributed by atoms with E-state index in [4.69, 9.17) is 12.2 Å². The van der Waals surface area contributed by atoms with E-state index in [-0.39, 0.29) is 5.82 Å². The van der Waals surface area contributed by atoms with Crippen molar-refractivity contribution in [2.45, 2.75) is 26.8 Å². The minimum Gasteiger partial charge on any atom is -0.362 e. The summed E-state index contributed by atoms with van der Waals surface area (Å²) >= 11 is 5.30. The minimum atomic E-state index is -0.232. The first-order chi connectivity index (χ1) is 12.1. The Labute approximate surface area is 154 Å². The topological polar surface area (TPSA) is 45.1 Å². The molecule has 0 unspecified atom stereocenters. The molecule has 1 heterocycles. The molecule has 0 amide bonds. The number of rotatable bonds is 9. The van der Waals surface area contributed by atoms with Crippen LogP contribution in [0.1, 0.15) is 25.8 Å². The zero-order chi connectivity index (χ0) is 18.1. The van der Waals surface area contributed by atoms with Crippen molar-refractivity contribution in [2.24, 2.45) is 0 Å². The molecule has 1 aromatic heterocycles. The SMILES string of the molecule is CCN(CC)CCCNC(=S)Nc1ccn(Cc2ccc(F)cc2)n1. The second-order valence-electron chi connectivity index (χ2n) is 5.79. The molecule has 136 valence electrons. The Hall–Kier alpha value is -1.99. The summed E-state index contributed by atoms with van der Waals surface area (Å²) in [5.41, 5.74) is 0.994. The minimum absolute atomic E-state index is 0.232. The van der Waals surface area contributed by atoms with Crippen LogP contribution in [0.5, 0.6) is 0 Å². The summed E-state index contributed by atoms with van der Waals surface area (Å²) in [5.74, 6) is 0.465. The van der Waals surface area contributed by atoms with Crippen LogP contribution in [0.3, 0.4) is 0 Å². The smallest absolute Gasteiger partial charge is 0.171 e. The second-order valence-corrected chi connectivity index (χ2v) is 6.19. The van der Waals surface area contributed by atoms with Crippen LogP contribution >= 0.6 is 12.2 Å². The third-order valence-corrected chi connectivity index (χ3v) is 4.22. The third-order valence-electron chi connectivity index (χ3n) is 3.97. The van der Waals surface area contributed by atoms with Crippen molar-refractivity contribution in [1.82, 2.24) is 20.0 Å². The standard InChI is InChI=1S/C18H26FN5S/c1-3-23(4-2)12-5-11-20-18(25)21-17-10-13-24(22-17)14-15-6-8-16(19)9-7-15/h6-10,13H,3-5,11-12,14H2,1-2H3,(H2,20,21,22,25). The fourth-order valence-corrected chi connectivity index (χ4v) is 2.70. The maximum absolute atomic E-state index is 12.9. The average Bonchev–Trinajstić information content (AvgIpc) is 3.04. The fourth-order valence-electron chi connectivity index (χ4n) is 2.50. The first-order valence-corrected chi connectivity index (χ1v) is 9.06. The van der Waals surface area contributed by atoms with E-state index < -0.39 is 0 Å². The number of benzene rings is 1. The molecule has 0 atom stereocenters. The van der Waals surface area contributed by atoms with E-state index in [1.165, 1.54) is 12.1 Å². The van der Waals surface area contributed by atoms with Gasteiger partial charge in [-0.2, -0.15) is 5.10 Å². The van der Waals surface area contributed by atoms with Gasteiger partial charge in [0.15, 0.2) is 10.9 Å². The molecule has 2 aromatic rings. The lowest BCUT2D eigenvalue weighted by atomic mass is 10.2. The Morgan fingerprint density at radius 3 is 2.60 bits per heavy atom. The summed E-state index contributed by atoms with van der Waals surface area (Å²) in [7, 11) is 0. The summed E-state index contributed by atoms with van der Waals surface area (Å²) in [6, 6.07) is 8.29. The molecule has 7 heteroatoms. The first-order valence-electron chi connectivity index (χ1n) is 8.65. The number of thiocarbonyl (C=S) groups is 1. The van der Waals surface area contributed by atoms with Crippen LogP contribution in [0.25, 0.3) is 0 Å². The van der Waals surface area contributed by atoms with E-state index in [1.807, 2.05) is 12.3 Å². The Morgan fingerprint density at radius 1 is 1.20 bits per heavy atom. The number of halogens is 1. The molecule has 2 N–H and O–H groups in total. The van der Waals surface area contributed by atoms with Crippen LogP contribution in [0, 0.1) is 5.82 Å². The molecule has 0 aliphatic heterocycles. The predicted octanol–water partition coefficient (Wildman–Crippen LogP) is 3.09. The molecule has 0 saturated carbocycles. The summed E-state index contributed by atoms with van der Waals surface area (Å²) < 4.78 is 14.7. The molecule has 0 bridgehead atoms. The van der Waals surface area contributed by atoms with Crippen LogP contribution in [0.15, 0.2) is 36.5 Å². The number of anilines is 1. The molecule has 0 spiro atoms. The third kappa shape index (κ3) is 6.80. The maximum Gasteiger partial charge on any atom is 0.171 e. The molecule has 5 nitrogen and oxygen atoms in total. The normalized spacial score (nSPS) is 10.9. The zero-order valence-electron chi connectivity index (χ0n) is 14.8. The molecular formula is C18H26FN5S. The van der Waals surface area contributed by atoms with Crippen molar-refractivity contribution < 1.29 is 4.39 Å². The highest BCUT2D eigenvalue weighted by Gasteiger charge is 2.03. The quantitative estimate of drug-likeness (QED) is 0.529. The van der Waals surface area contributed by atoms with E-state index in [2.05, 4.69) is 34.5 Å². The van der Waals surface area contributed by atoms with Gasteiger partial charge in [0.25, 0.3) is 0 Å². The van der Waals surface area contributed by atoms with Crippen molar-refractivity contribution in [1.29, 1.82) is 0 Å². The number of nitrogens with one attached hydrogen (secondary N) is 2.